The lowest BCUT2D eigenvalue weighted by Crippen LogP contribution is -2.26. The molecule has 30 heavy (non-hydrogen) atoms. The van der Waals surface area contributed by atoms with Crippen LogP contribution in [0.2, 0.25) is 0 Å². The number of rotatable bonds is 13. The Morgan fingerprint density at radius 3 is 1.97 bits per heavy atom. The number of para-hydroxylation sites is 2. The minimum atomic E-state index is 0. The number of hydrogen-bond donors (Lipinski definition) is 1. The Labute approximate surface area is 186 Å². The summed E-state index contributed by atoms with van der Waals surface area (Å²) >= 11 is 0. The van der Waals surface area contributed by atoms with Crippen LogP contribution < -0.4 is 5.62 Å². The van der Waals surface area contributed by atoms with E-state index in [0.717, 1.165) is 24.1 Å². The average molecular weight is 430 g/mol. The first-order chi connectivity index (χ1) is 14.3. The third-order valence-electron chi connectivity index (χ3n) is 5.52. The third kappa shape index (κ3) is 6.75. The molecule has 0 unspecified atom stereocenters. The molecule has 0 saturated heterocycles. The first kappa shape index (κ1) is 24.2. The van der Waals surface area contributed by atoms with Crippen LogP contribution in [0.3, 0.4) is 0 Å². The number of imidazole rings is 1. The number of unbranched alkanes of at least 4 members (excludes halogenated alkanes) is 7. The lowest BCUT2D eigenvalue weighted by atomic mass is 10.1. The van der Waals surface area contributed by atoms with E-state index in [4.69, 9.17) is 10.1 Å². The molecule has 1 aromatic heterocycles. The Balaban J connectivity index is 0.00000320. The molecule has 0 aliphatic rings. The summed E-state index contributed by atoms with van der Waals surface area (Å²) in [6.07, 6.45) is 10.4. The van der Waals surface area contributed by atoms with Gasteiger partial charge in [-0.1, -0.05) is 94.3 Å². The molecule has 0 atom stereocenters. The molecule has 1 heterocycles. The van der Waals surface area contributed by atoms with Gasteiger partial charge in [0.1, 0.15) is 6.73 Å². The molecule has 0 aliphatic heterocycles. The molecule has 5 heteroatoms. The van der Waals surface area contributed by atoms with Crippen molar-refractivity contribution in [2.45, 2.75) is 71.6 Å². The second-order valence-corrected chi connectivity index (χ2v) is 7.82. The zero-order chi connectivity index (χ0) is 20.3. The molecule has 0 fully saturated rings. The number of aromatic nitrogens is 2. The number of nitrogens with zero attached hydrogens (tertiary/aromatic N) is 2. The topological polar surface area (TPSA) is 42.9 Å². The van der Waals surface area contributed by atoms with Crippen LogP contribution in [0.1, 0.15) is 63.9 Å². The smallest absolute Gasteiger partial charge is 0.205 e. The number of hydrogen-bond acceptors (Lipinski definition) is 2. The maximum Gasteiger partial charge on any atom is 0.205 e. The fourth-order valence-electron chi connectivity index (χ4n) is 3.85. The minimum Gasteiger partial charge on any atom is -0.361 e. The number of nitrogens with one attached hydrogen (secondary N) is 1. The van der Waals surface area contributed by atoms with Crippen molar-refractivity contribution in [3.8, 4) is 0 Å². The highest BCUT2D eigenvalue weighted by Gasteiger charge is 2.10. The summed E-state index contributed by atoms with van der Waals surface area (Å²) in [5, 5.41) is 8.70. The van der Waals surface area contributed by atoms with E-state index < -0.39 is 0 Å². The number of benzene rings is 2. The summed E-state index contributed by atoms with van der Waals surface area (Å²) in [4.78, 5) is 0. The van der Waals surface area contributed by atoms with Crippen molar-refractivity contribution in [3.05, 3.63) is 65.8 Å². The molecule has 3 aromatic rings. The number of ether oxygens (including phenoxy) is 1. The fourth-order valence-corrected chi connectivity index (χ4v) is 3.85. The number of fused-ring (bicyclic) bond motifs is 1. The summed E-state index contributed by atoms with van der Waals surface area (Å²) in [7, 11) is 0. The fraction of sp³-hybridized carbons (Fsp3) is 0.480. The van der Waals surface area contributed by atoms with Gasteiger partial charge in [0.2, 0.25) is 5.62 Å². The lowest BCUT2D eigenvalue weighted by molar-refractivity contribution is 0.0730. The van der Waals surface area contributed by atoms with E-state index >= 15 is 0 Å². The molecule has 2 aromatic carbocycles. The summed E-state index contributed by atoms with van der Waals surface area (Å²) in [6, 6.07) is 18.6. The summed E-state index contributed by atoms with van der Waals surface area (Å²) in [5.74, 6) is 0. The van der Waals surface area contributed by atoms with Crippen LogP contribution >= 0.6 is 12.4 Å². The van der Waals surface area contributed by atoms with Crippen molar-refractivity contribution in [2.75, 3.05) is 6.61 Å². The van der Waals surface area contributed by atoms with Gasteiger partial charge in [-0.15, -0.1) is 12.4 Å². The van der Waals surface area contributed by atoms with Gasteiger partial charge >= 0.3 is 0 Å². The molecule has 1 N–H and O–H groups in total. The van der Waals surface area contributed by atoms with Gasteiger partial charge in [-0.25, -0.2) is 0 Å². The molecule has 0 amide bonds. The van der Waals surface area contributed by atoms with E-state index in [-0.39, 0.29) is 12.4 Å². The predicted molar refractivity (Wildman–Crippen MR) is 127 cm³/mol. The second kappa shape index (κ2) is 13.3. The highest BCUT2D eigenvalue weighted by atomic mass is 35.5. The highest BCUT2D eigenvalue weighted by molar-refractivity contribution is 5.85. The van der Waals surface area contributed by atoms with Gasteiger partial charge in [0.15, 0.2) is 0 Å². The van der Waals surface area contributed by atoms with E-state index in [1.165, 1.54) is 50.5 Å². The van der Waals surface area contributed by atoms with E-state index in [0.29, 0.717) is 18.9 Å². The predicted octanol–water partition coefficient (Wildman–Crippen LogP) is 6.51. The van der Waals surface area contributed by atoms with Crippen molar-refractivity contribution in [1.82, 2.24) is 9.13 Å². The maximum atomic E-state index is 8.70. The van der Waals surface area contributed by atoms with Crippen molar-refractivity contribution in [1.29, 1.82) is 5.41 Å². The Kier molecular flexibility index (Phi) is 10.7. The van der Waals surface area contributed by atoms with Crippen LogP contribution in [-0.2, 0) is 18.0 Å². The van der Waals surface area contributed by atoms with Crippen molar-refractivity contribution >= 4 is 23.4 Å². The molecule has 164 valence electrons. The zero-order valence-corrected chi connectivity index (χ0v) is 19.0. The molecule has 0 saturated carbocycles. The van der Waals surface area contributed by atoms with Crippen LogP contribution in [0.5, 0.6) is 0 Å². The average Bonchev–Trinajstić information content (AvgIpc) is 3.01. The van der Waals surface area contributed by atoms with Crippen molar-refractivity contribution in [2.24, 2.45) is 0 Å². The first-order valence-electron chi connectivity index (χ1n) is 11.2. The SMILES string of the molecule is CCCCCCCCCCOCn1c(=N)n(Cc2ccccc2)c2ccccc21.Cl. The highest BCUT2D eigenvalue weighted by Crippen LogP contribution is 2.15. The Bertz CT molecular complexity index is 917. The largest absolute Gasteiger partial charge is 0.361 e. The van der Waals surface area contributed by atoms with Crippen LogP contribution in [-0.4, -0.2) is 15.7 Å². The van der Waals surface area contributed by atoms with Gasteiger partial charge < -0.3 is 9.30 Å². The Morgan fingerprint density at radius 1 is 0.733 bits per heavy atom. The molecule has 0 aliphatic carbocycles. The normalized spacial score (nSPS) is 11.0. The van der Waals surface area contributed by atoms with Crippen molar-refractivity contribution in [3.63, 3.8) is 0 Å². The molecular formula is C25H36ClN3O. The monoisotopic (exact) mass is 429 g/mol. The summed E-state index contributed by atoms with van der Waals surface area (Å²) < 4.78 is 9.98. The quantitative estimate of drug-likeness (QED) is 0.309. The molecule has 3 rings (SSSR count). The van der Waals surface area contributed by atoms with E-state index in [1.807, 2.05) is 34.9 Å². The molecule has 4 nitrogen and oxygen atoms in total. The Hall–Kier alpha value is -2.04. The van der Waals surface area contributed by atoms with Crippen LogP contribution in [0.15, 0.2) is 54.6 Å². The van der Waals surface area contributed by atoms with Gasteiger partial charge in [-0.2, -0.15) is 0 Å². The van der Waals surface area contributed by atoms with Gasteiger partial charge in [-0.05, 0) is 24.1 Å². The molecule has 0 radical (unpaired) electrons. The van der Waals surface area contributed by atoms with Gasteiger partial charge in [0, 0.05) is 6.61 Å². The minimum absolute atomic E-state index is 0. The molecular weight excluding hydrogens is 394 g/mol. The van der Waals surface area contributed by atoms with Gasteiger partial charge in [0.05, 0.1) is 17.6 Å². The van der Waals surface area contributed by atoms with E-state index in [2.05, 4.69) is 35.8 Å². The van der Waals surface area contributed by atoms with E-state index in [9.17, 15) is 0 Å². The van der Waals surface area contributed by atoms with Crippen LogP contribution in [0.4, 0.5) is 0 Å². The first-order valence-corrected chi connectivity index (χ1v) is 11.2. The van der Waals surface area contributed by atoms with Gasteiger partial charge in [-0.3, -0.25) is 9.98 Å². The van der Waals surface area contributed by atoms with Gasteiger partial charge in [0.25, 0.3) is 0 Å². The van der Waals surface area contributed by atoms with Crippen LogP contribution in [0, 0.1) is 5.41 Å². The summed E-state index contributed by atoms with van der Waals surface area (Å²) in [6.45, 7) is 4.17. The number of halogens is 1. The molecule has 0 spiro atoms. The zero-order valence-electron chi connectivity index (χ0n) is 18.2. The third-order valence-corrected chi connectivity index (χ3v) is 5.52. The van der Waals surface area contributed by atoms with E-state index in [1.54, 1.807) is 0 Å². The van der Waals surface area contributed by atoms with Crippen LogP contribution in [0.25, 0.3) is 11.0 Å². The second-order valence-electron chi connectivity index (χ2n) is 7.82. The van der Waals surface area contributed by atoms with Crippen molar-refractivity contribution < 1.29 is 4.74 Å². The standard InChI is InChI=1S/C25H35N3O.ClH/c1-2-3-4-5-6-7-8-14-19-29-21-28-24-18-13-12-17-23(24)27(25(28)26)20-22-15-10-9-11-16-22;/h9-13,15-18,26H,2-8,14,19-21H2,1H3;1H. The molecule has 0 bridgehead atoms. The summed E-state index contributed by atoms with van der Waals surface area (Å²) in [5.41, 5.74) is 3.83. The lowest BCUT2D eigenvalue weighted by Gasteiger charge is -2.07. The maximum absolute atomic E-state index is 8.70. The Morgan fingerprint density at radius 2 is 1.30 bits per heavy atom.